The van der Waals surface area contributed by atoms with Crippen LogP contribution in [0, 0.1) is 10.1 Å². The number of hydrogen-bond donors (Lipinski definition) is 2. The molecule has 0 aliphatic rings. The number of hydrogen-bond acceptors (Lipinski definition) is 5. The Morgan fingerprint density at radius 1 is 1.00 bits per heavy atom. The van der Waals surface area contributed by atoms with Gasteiger partial charge in [0.25, 0.3) is 11.6 Å². The Bertz CT molecular complexity index is 1060. The van der Waals surface area contributed by atoms with Crippen LogP contribution in [-0.4, -0.2) is 15.9 Å². The summed E-state index contributed by atoms with van der Waals surface area (Å²) in [7, 11) is 0. The van der Waals surface area contributed by atoms with Crippen molar-refractivity contribution in [3.63, 3.8) is 0 Å². The molecule has 3 rings (SSSR count). The molecule has 9 heteroatoms. The highest BCUT2D eigenvalue weighted by Gasteiger charge is 2.12. The van der Waals surface area contributed by atoms with Crippen LogP contribution >= 0.6 is 23.8 Å². The lowest BCUT2D eigenvalue weighted by molar-refractivity contribution is -0.384. The number of carbonyl (C=O) groups excluding carboxylic acids is 1. The molecule has 0 radical (unpaired) electrons. The molecule has 0 bridgehead atoms. The maximum absolute atomic E-state index is 12.2. The van der Waals surface area contributed by atoms with Crippen LogP contribution in [0.15, 0.2) is 72.8 Å². The maximum atomic E-state index is 12.2. The molecule has 0 saturated heterocycles. The van der Waals surface area contributed by atoms with E-state index in [0.717, 1.165) is 0 Å². The van der Waals surface area contributed by atoms with E-state index in [0.29, 0.717) is 22.2 Å². The number of nitrogens with zero attached hydrogens (tertiary/aromatic N) is 1. The zero-order chi connectivity index (χ0) is 20.8. The summed E-state index contributed by atoms with van der Waals surface area (Å²) in [5.74, 6) is 0.716. The molecule has 3 aromatic carbocycles. The number of ether oxygens (including phenoxy) is 1. The number of non-ortho nitro benzene ring substituents is 1. The van der Waals surface area contributed by atoms with E-state index >= 15 is 0 Å². The van der Waals surface area contributed by atoms with Gasteiger partial charge >= 0.3 is 0 Å². The number of benzene rings is 3. The van der Waals surface area contributed by atoms with E-state index in [1.54, 1.807) is 48.5 Å². The largest absolute Gasteiger partial charge is 0.457 e. The van der Waals surface area contributed by atoms with Gasteiger partial charge in [-0.25, -0.2) is 0 Å². The SMILES string of the molecule is O=C(NC(=S)Nc1ccc(Oc2ccc(Cl)cc2)cc1)c1cccc([N+](=O)[O-])c1. The first-order valence-electron chi connectivity index (χ1n) is 8.31. The molecule has 29 heavy (non-hydrogen) atoms. The predicted octanol–water partition coefficient (Wildman–Crippen LogP) is 5.17. The van der Waals surface area contributed by atoms with Gasteiger partial charge in [0.05, 0.1) is 4.92 Å². The van der Waals surface area contributed by atoms with Crippen molar-refractivity contribution in [1.29, 1.82) is 0 Å². The van der Waals surface area contributed by atoms with Crippen molar-refractivity contribution < 1.29 is 14.5 Å². The van der Waals surface area contributed by atoms with E-state index in [9.17, 15) is 14.9 Å². The highest BCUT2D eigenvalue weighted by atomic mass is 35.5. The third-order valence-electron chi connectivity index (χ3n) is 3.71. The Balaban J connectivity index is 1.57. The minimum Gasteiger partial charge on any atom is -0.457 e. The Labute approximate surface area is 176 Å². The molecular weight excluding hydrogens is 414 g/mol. The second-order valence-electron chi connectivity index (χ2n) is 5.80. The molecule has 0 fully saturated rings. The van der Waals surface area contributed by atoms with Gasteiger partial charge in [-0.05, 0) is 66.8 Å². The van der Waals surface area contributed by atoms with Gasteiger partial charge in [0, 0.05) is 28.4 Å². The van der Waals surface area contributed by atoms with Gasteiger partial charge in [0.15, 0.2) is 5.11 Å². The quantitative estimate of drug-likeness (QED) is 0.331. The van der Waals surface area contributed by atoms with E-state index in [1.807, 2.05) is 0 Å². The summed E-state index contributed by atoms with van der Waals surface area (Å²) in [5, 5.41) is 16.9. The lowest BCUT2D eigenvalue weighted by atomic mass is 10.2. The van der Waals surface area contributed by atoms with Gasteiger partial charge in [-0.2, -0.15) is 0 Å². The van der Waals surface area contributed by atoms with E-state index in [2.05, 4.69) is 10.6 Å². The third kappa shape index (κ3) is 5.74. The molecule has 3 aromatic rings. The standard InChI is InChI=1S/C20H14ClN3O4S/c21-14-4-8-17(9-5-14)28-18-10-6-15(7-11-18)22-20(29)23-19(25)13-2-1-3-16(12-13)24(26)27/h1-12H,(H2,22,23,25,29). The fraction of sp³-hybridized carbons (Fsp3) is 0. The zero-order valence-corrected chi connectivity index (χ0v) is 16.4. The van der Waals surface area contributed by atoms with Crippen LogP contribution in [0.5, 0.6) is 11.5 Å². The molecule has 0 aliphatic carbocycles. The van der Waals surface area contributed by atoms with Crippen LogP contribution in [-0.2, 0) is 0 Å². The molecule has 146 valence electrons. The van der Waals surface area contributed by atoms with Gasteiger partial charge in [-0.3, -0.25) is 20.2 Å². The minimum absolute atomic E-state index is 0.0628. The Morgan fingerprint density at radius 3 is 2.24 bits per heavy atom. The third-order valence-corrected chi connectivity index (χ3v) is 4.16. The molecule has 0 aromatic heterocycles. The molecule has 1 amide bonds. The molecule has 0 heterocycles. The van der Waals surface area contributed by atoms with Crippen molar-refractivity contribution in [3.8, 4) is 11.5 Å². The minimum atomic E-state index is -0.568. The monoisotopic (exact) mass is 427 g/mol. The molecule has 0 spiro atoms. The molecule has 0 saturated carbocycles. The van der Waals surface area contributed by atoms with E-state index in [1.165, 1.54) is 24.3 Å². The second-order valence-corrected chi connectivity index (χ2v) is 6.64. The Kier molecular flexibility index (Phi) is 6.38. The maximum Gasteiger partial charge on any atom is 0.270 e. The number of nitrogens with one attached hydrogen (secondary N) is 2. The number of nitro benzene ring substituents is 1. The first-order valence-corrected chi connectivity index (χ1v) is 9.09. The number of anilines is 1. The summed E-state index contributed by atoms with van der Waals surface area (Å²) in [5.41, 5.74) is 0.598. The van der Waals surface area contributed by atoms with Crippen LogP contribution in [0.25, 0.3) is 0 Å². The van der Waals surface area contributed by atoms with E-state index < -0.39 is 10.8 Å². The zero-order valence-electron chi connectivity index (χ0n) is 14.8. The Hall–Kier alpha value is -3.49. The number of halogens is 1. The fourth-order valence-corrected chi connectivity index (χ4v) is 2.68. The van der Waals surface area contributed by atoms with Crippen molar-refractivity contribution >= 4 is 46.2 Å². The van der Waals surface area contributed by atoms with Crippen molar-refractivity contribution in [3.05, 3.63) is 93.5 Å². The average molecular weight is 428 g/mol. The van der Waals surface area contributed by atoms with Crippen LogP contribution < -0.4 is 15.4 Å². The first-order chi connectivity index (χ1) is 13.9. The topological polar surface area (TPSA) is 93.5 Å². The highest BCUT2D eigenvalue weighted by Crippen LogP contribution is 2.24. The first kappa shape index (κ1) is 20.2. The number of nitro groups is 1. The predicted molar refractivity (Wildman–Crippen MR) is 115 cm³/mol. The molecule has 0 unspecified atom stereocenters. The van der Waals surface area contributed by atoms with E-state index in [-0.39, 0.29) is 16.4 Å². The fourth-order valence-electron chi connectivity index (χ4n) is 2.34. The molecule has 0 aliphatic heterocycles. The Morgan fingerprint density at radius 2 is 1.62 bits per heavy atom. The number of thiocarbonyl (C=S) groups is 1. The molecule has 7 nitrogen and oxygen atoms in total. The van der Waals surface area contributed by atoms with Gasteiger partial charge in [0.2, 0.25) is 0 Å². The van der Waals surface area contributed by atoms with E-state index in [4.69, 9.17) is 28.6 Å². The van der Waals surface area contributed by atoms with Crippen molar-refractivity contribution in [2.45, 2.75) is 0 Å². The summed E-state index contributed by atoms with van der Waals surface area (Å²) in [6.45, 7) is 0. The van der Waals surface area contributed by atoms with Crippen LogP contribution in [0.1, 0.15) is 10.4 Å². The number of carbonyl (C=O) groups is 1. The summed E-state index contributed by atoms with van der Waals surface area (Å²) in [6, 6.07) is 19.3. The smallest absolute Gasteiger partial charge is 0.270 e. The van der Waals surface area contributed by atoms with Crippen LogP contribution in [0.2, 0.25) is 5.02 Å². The number of amides is 1. The van der Waals surface area contributed by atoms with Crippen molar-refractivity contribution in [2.24, 2.45) is 0 Å². The number of rotatable bonds is 5. The lowest BCUT2D eigenvalue weighted by Gasteiger charge is -2.11. The van der Waals surface area contributed by atoms with Crippen molar-refractivity contribution in [1.82, 2.24) is 5.32 Å². The molecular formula is C20H14ClN3O4S. The molecule has 0 atom stereocenters. The summed E-state index contributed by atoms with van der Waals surface area (Å²) < 4.78 is 5.70. The summed E-state index contributed by atoms with van der Waals surface area (Å²) >= 11 is 11.0. The van der Waals surface area contributed by atoms with Gasteiger partial charge in [0.1, 0.15) is 11.5 Å². The molecule has 2 N–H and O–H groups in total. The second kappa shape index (κ2) is 9.13. The summed E-state index contributed by atoms with van der Waals surface area (Å²) in [4.78, 5) is 22.5. The van der Waals surface area contributed by atoms with Gasteiger partial charge in [-0.1, -0.05) is 17.7 Å². The normalized spacial score (nSPS) is 10.1. The summed E-state index contributed by atoms with van der Waals surface area (Å²) in [6.07, 6.45) is 0. The van der Waals surface area contributed by atoms with Gasteiger partial charge in [-0.15, -0.1) is 0 Å². The lowest BCUT2D eigenvalue weighted by Crippen LogP contribution is -2.34. The highest BCUT2D eigenvalue weighted by molar-refractivity contribution is 7.80. The van der Waals surface area contributed by atoms with Crippen LogP contribution in [0.3, 0.4) is 0 Å². The van der Waals surface area contributed by atoms with Crippen LogP contribution in [0.4, 0.5) is 11.4 Å². The van der Waals surface area contributed by atoms with Gasteiger partial charge < -0.3 is 10.1 Å². The average Bonchev–Trinajstić information content (AvgIpc) is 2.71. The van der Waals surface area contributed by atoms with Crippen molar-refractivity contribution in [2.75, 3.05) is 5.32 Å².